The minimum absolute atomic E-state index is 0. The second kappa shape index (κ2) is 7.21. The first kappa shape index (κ1) is 18.6. The number of aryl methyl sites for hydroxylation is 1. The molecular formula is C16H20LiNO4. The van der Waals surface area contributed by atoms with E-state index in [0.29, 0.717) is 6.54 Å². The molecule has 1 aromatic carbocycles. The van der Waals surface area contributed by atoms with E-state index in [9.17, 15) is 14.7 Å². The van der Waals surface area contributed by atoms with Gasteiger partial charge in [0.15, 0.2) is 0 Å². The zero-order chi connectivity index (χ0) is 15.6. The molecule has 1 aromatic rings. The molecule has 0 radical (unpaired) electrons. The fourth-order valence-electron chi connectivity index (χ4n) is 2.39. The minimum atomic E-state index is -1.20. The van der Waals surface area contributed by atoms with Crippen LogP contribution in [0.25, 0.3) is 0 Å². The number of benzene rings is 1. The number of aromatic carboxylic acids is 1. The van der Waals surface area contributed by atoms with E-state index in [1.807, 2.05) is 20.8 Å². The fourth-order valence-corrected chi connectivity index (χ4v) is 2.39. The summed E-state index contributed by atoms with van der Waals surface area (Å²) in [6.45, 7) is 6.04. The second-order valence-electron chi connectivity index (χ2n) is 6.22. The van der Waals surface area contributed by atoms with Gasteiger partial charge in [-0.1, -0.05) is 6.07 Å². The van der Waals surface area contributed by atoms with Crippen molar-refractivity contribution in [3.63, 3.8) is 0 Å². The molecule has 22 heavy (non-hydrogen) atoms. The van der Waals surface area contributed by atoms with Crippen molar-refractivity contribution in [3.8, 4) is 0 Å². The maximum absolute atomic E-state index is 12.3. The standard InChI is InChI=1S/C16H21NO4.Li/c1-16(2,3)21-15(20)17-9-5-4-6-11-10-12(14(18)19)7-8-13(11)17;/h7-8,10H,4-6,9H2,1-3H3,(H,18,19);/q;+1/p-1. The number of hydrogen-bond acceptors (Lipinski definition) is 4. The molecule has 0 saturated heterocycles. The van der Waals surface area contributed by atoms with Gasteiger partial charge >= 0.3 is 25.0 Å². The summed E-state index contributed by atoms with van der Waals surface area (Å²) in [5, 5.41) is 11.0. The molecule has 1 amide bonds. The molecule has 2 rings (SSSR count). The zero-order valence-electron chi connectivity index (χ0n) is 13.6. The van der Waals surface area contributed by atoms with Crippen molar-refractivity contribution in [3.05, 3.63) is 29.3 Å². The van der Waals surface area contributed by atoms with E-state index >= 15 is 0 Å². The average Bonchev–Trinajstić information content (AvgIpc) is 2.57. The first-order chi connectivity index (χ1) is 9.78. The Morgan fingerprint density at radius 3 is 2.50 bits per heavy atom. The summed E-state index contributed by atoms with van der Waals surface area (Å²) in [7, 11) is 0. The van der Waals surface area contributed by atoms with Crippen molar-refractivity contribution in [2.45, 2.75) is 45.6 Å². The SMILES string of the molecule is CC(C)(C)OC(=O)N1CCCCc2cc(C(=O)[O-])ccc21.[Li+]. The van der Waals surface area contributed by atoms with Crippen molar-refractivity contribution < 1.29 is 38.3 Å². The number of carbonyl (C=O) groups is 2. The molecule has 1 aliphatic heterocycles. The molecule has 0 N–H and O–H groups in total. The van der Waals surface area contributed by atoms with Gasteiger partial charge in [-0.05, 0) is 63.3 Å². The van der Waals surface area contributed by atoms with Crippen LogP contribution < -0.4 is 28.9 Å². The van der Waals surface area contributed by atoms with Gasteiger partial charge in [-0.15, -0.1) is 0 Å². The molecule has 6 heteroatoms. The maximum atomic E-state index is 12.3. The summed E-state index contributed by atoms with van der Waals surface area (Å²) in [5.41, 5.74) is 1.15. The van der Waals surface area contributed by atoms with Crippen LogP contribution in [0, 0.1) is 0 Å². The van der Waals surface area contributed by atoms with Crippen LogP contribution in [0.2, 0.25) is 0 Å². The third kappa shape index (κ3) is 4.52. The molecule has 0 unspecified atom stereocenters. The maximum Gasteiger partial charge on any atom is 1.00 e. The molecule has 1 aliphatic rings. The molecule has 0 spiro atoms. The van der Waals surface area contributed by atoms with Crippen LogP contribution >= 0.6 is 0 Å². The van der Waals surface area contributed by atoms with Crippen LogP contribution in [0.1, 0.15) is 49.5 Å². The largest absolute Gasteiger partial charge is 1.00 e. The van der Waals surface area contributed by atoms with Crippen LogP contribution in [-0.2, 0) is 11.2 Å². The number of carbonyl (C=O) groups excluding carboxylic acids is 2. The number of carboxylic acid groups (broad SMARTS) is 1. The molecule has 0 atom stereocenters. The van der Waals surface area contributed by atoms with Gasteiger partial charge < -0.3 is 14.6 Å². The number of nitrogens with zero attached hydrogens (tertiary/aromatic N) is 1. The van der Waals surface area contributed by atoms with Gasteiger partial charge in [-0.3, -0.25) is 4.90 Å². The van der Waals surface area contributed by atoms with Crippen LogP contribution in [0.4, 0.5) is 10.5 Å². The monoisotopic (exact) mass is 297 g/mol. The number of carboxylic acids is 1. The minimum Gasteiger partial charge on any atom is -0.545 e. The molecule has 5 nitrogen and oxygen atoms in total. The predicted octanol–water partition coefficient (Wildman–Crippen LogP) is -0.868. The van der Waals surface area contributed by atoms with E-state index in [0.717, 1.165) is 30.5 Å². The van der Waals surface area contributed by atoms with Gasteiger partial charge in [0.1, 0.15) is 5.60 Å². The summed E-state index contributed by atoms with van der Waals surface area (Å²) >= 11 is 0. The van der Waals surface area contributed by atoms with Crippen molar-refractivity contribution in [1.29, 1.82) is 0 Å². The van der Waals surface area contributed by atoms with Gasteiger partial charge in [-0.2, -0.15) is 0 Å². The van der Waals surface area contributed by atoms with E-state index in [1.165, 1.54) is 6.07 Å². The summed E-state index contributed by atoms with van der Waals surface area (Å²) in [6, 6.07) is 4.72. The van der Waals surface area contributed by atoms with Gasteiger partial charge in [0.25, 0.3) is 0 Å². The Morgan fingerprint density at radius 1 is 1.23 bits per heavy atom. The fraction of sp³-hybridized carbons (Fsp3) is 0.500. The van der Waals surface area contributed by atoms with E-state index in [-0.39, 0.29) is 24.4 Å². The van der Waals surface area contributed by atoms with Crippen LogP contribution in [0.3, 0.4) is 0 Å². The number of amides is 1. The van der Waals surface area contributed by atoms with Gasteiger partial charge in [0, 0.05) is 6.54 Å². The smallest absolute Gasteiger partial charge is 0.545 e. The molecule has 0 fully saturated rings. The first-order valence-electron chi connectivity index (χ1n) is 7.13. The van der Waals surface area contributed by atoms with E-state index in [4.69, 9.17) is 4.74 Å². The van der Waals surface area contributed by atoms with Crippen molar-refractivity contribution in [2.75, 3.05) is 11.4 Å². The van der Waals surface area contributed by atoms with Crippen LogP contribution in [0.5, 0.6) is 0 Å². The molecule has 114 valence electrons. The zero-order valence-corrected chi connectivity index (χ0v) is 13.6. The van der Waals surface area contributed by atoms with Crippen molar-refractivity contribution in [1.82, 2.24) is 0 Å². The molecular weight excluding hydrogens is 277 g/mol. The molecule has 0 saturated carbocycles. The quantitative estimate of drug-likeness (QED) is 0.632. The Labute approximate surface area is 142 Å². The number of hydrogen-bond donors (Lipinski definition) is 0. The van der Waals surface area contributed by atoms with Gasteiger partial charge in [0.2, 0.25) is 0 Å². The predicted molar refractivity (Wildman–Crippen MR) is 77.3 cm³/mol. The van der Waals surface area contributed by atoms with Crippen molar-refractivity contribution in [2.24, 2.45) is 0 Å². The Morgan fingerprint density at radius 2 is 1.91 bits per heavy atom. The van der Waals surface area contributed by atoms with Crippen molar-refractivity contribution >= 4 is 17.7 Å². The van der Waals surface area contributed by atoms with Gasteiger partial charge in [-0.25, -0.2) is 4.79 Å². The van der Waals surface area contributed by atoms with E-state index < -0.39 is 17.7 Å². The third-order valence-electron chi connectivity index (χ3n) is 3.30. The summed E-state index contributed by atoms with van der Waals surface area (Å²) in [5.74, 6) is -1.20. The van der Waals surface area contributed by atoms with Crippen LogP contribution in [0.15, 0.2) is 18.2 Å². The Bertz CT molecular complexity index is 566. The molecule has 0 aromatic heterocycles. The summed E-state index contributed by atoms with van der Waals surface area (Å²) in [4.78, 5) is 24.9. The number of anilines is 1. The molecule has 0 bridgehead atoms. The summed E-state index contributed by atoms with van der Waals surface area (Å²) in [6.07, 6.45) is 2.11. The number of fused-ring (bicyclic) bond motifs is 1. The topological polar surface area (TPSA) is 69.7 Å². The van der Waals surface area contributed by atoms with E-state index in [1.54, 1.807) is 17.0 Å². The third-order valence-corrected chi connectivity index (χ3v) is 3.30. The van der Waals surface area contributed by atoms with Crippen LogP contribution in [-0.4, -0.2) is 24.2 Å². The Hall–Kier alpha value is -1.44. The summed E-state index contributed by atoms with van der Waals surface area (Å²) < 4.78 is 5.43. The number of rotatable bonds is 1. The molecule has 1 heterocycles. The normalized spacial score (nSPS) is 14.4. The Kier molecular flexibility index (Phi) is 6.10. The van der Waals surface area contributed by atoms with E-state index in [2.05, 4.69) is 0 Å². The first-order valence-corrected chi connectivity index (χ1v) is 7.13. The second-order valence-corrected chi connectivity index (χ2v) is 6.22. The van der Waals surface area contributed by atoms with Gasteiger partial charge in [0.05, 0.1) is 11.7 Å². The number of ether oxygens (including phenoxy) is 1. The Balaban J connectivity index is 0.00000242. The average molecular weight is 297 g/mol. The molecule has 0 aliphatic carbocycles.